The van der Waals surface area contributed by atoms with Crippen molar-refractivity contribution in [2.75, 3.05) is 11.8 Å². The van der Waals surface area contributed by atoms with Crippen molar-refractivity contribution in [2.24, 2.45) is 0 Å². The first kappa shape index (κ1) is 22.2. The SMILES string of the molecule is COC(=O)c1sc(-c2ccc(Cl)cc2)cc1NS(=O)(=O)c1cccc(S(=O)(=O)O)c1. The van der Waals surface area contributed by atoms with Crippen LogP contribution in [0.5, 0.6) is 0 Å². The number of anilines is 1. The number of carbonyl (C=O) groups excluding carboxylic acids is 1. The molecule has 0 saturated carbocycles. The highest BCUT2D eigenvalue weighted by molar-refractivity contribution is 7.92. The van der Waals surface area contributed by atoms with Crippen LogP contribution in [0.1, 0.15) is 9.67 Å². The van der Waals surface area contributed by atoms with Crippen LogP contribution in [0.25, 0.3) is 10.4 Å². The molecule has 8 nitrogen and oxygen atoms in total. The second kappa shape index (κ2) is 8.36. The number of hydrogen-bond acceptors (Lipinski definition) is 7. The van der Waals surface area contributed by atoms with Crippen LogP contribution in [-0.2, 0) is 24.9 Å². The first-order valence-corrected chi connectivity index (χ1v) is 12.2. The summed E-state index contributed by atoms with van der Waals surface area (Å²) >= 11 is 6.90. The molecule has 0 amide bonds. The van der Waals surface area contributed by atoms with E-state index in [0.717, 1.165) is 36.6 Å². The Labute approximate surface area is 181 Å². The number of methoxy groups -OCH3 is 1. The minimum absolute atomic E-state index is 0.0111. The van der Waals surface area contributed by atoms with Crippen LogP contribution in [0.2, 0.25) is 5.02 Å². The summed E-state index contributed by atoms with van der Waals surface area (Å²) < 4.78 is 64.3. The summed E-state index contributed by atoms with van der Waals surface area (Å²) in [5.41, 5.74) is 0.669. The molecule has 0 fully saturated rings. The number of sulfonamides is 1. The summed E-state index contributed by atoms with van der Waals surface area (Å²) in [6, 6.07) is 12.4. The van der Waals surface area contributed by atoms with Gasteiger partial charge in [-0.15, -0.1) is 11.3 Å². The smallest absolute Gasteiger partial charge is 0.350 e. The van der Waals surface area contributed by atoms with Crippen molar-refractivity contribution < 1.29 is 30.9 Å². The van der Waals surface area contributed by atoms with E-state index in [2.05, 4.69) is 4.72 Å². The van der Waals surface area contributed by atoms with Gasteiger partial charge in [0.25, 0.3) is 20.1 Å². The topological polar surface area (TPSA) is 127 Å². The Balaban J connectivity index is 2.04. The standard InChI is InChI=1S/C18H14ClNO7S3/c1-27-18(21)17-15(10-16(28-17)11-5-7-12(19)8-6-11)20-29(22,23)13-3-2-4-14(9-13)30(24,25)26/h2-10,20H,1H3,(H,24,25,26). The van der Waals surface area contributed by atoms with Gasteiger partial charge in [-0.1, -0.05) is 29.8 Å². The molecule has 0 unspecified atom stereocenters. The van der Waals surface area contributed by atoms with E-state index in [1.807, 2.05) is 0 Å². The van der Waals surface area contributed by atoms with Crippen molar-refractivity contribution in [3.05, 3.63) is 64.5 Å². The lowest BCUT2D eigenvalue weighted by Gasteiger charge is -2.09. The van der Waals surface area contributed by atoms with Crippen molar-refractivity contribution in [2.45, 2.75) is 9.79 Å². The van der Waals surface area contributed by atoms with Gasteiger partial charge in [0.2, 0.25) is 0 Å². The molecular formula is C18H14ClNO7S3. The number of esters is 1. The lowest BCUT2D eigenvalue weighted by Crippen LogP contribution is -2.15. The van der Waals surface area contributed by atoms with Crippen molar-refractivity contribution >= 4 is 54.7 Å². The van der Waals surface area contributed by atoms with Gasteiger partial charge in [0.05, 0.1) is 22.6 Å². The summed E-state index contributed by atoms with van der Waals surface area (Å²) in [6.07, 6.45) is 0. The van der Waals surface area contributed by atoms with Gasteiger partial charge in [-0.3, -0.25) is 9.27 Å². The molecule has 3 aromatic rings. The molecule has 2 N–H and O–H groups in total. The molecule has 1 aromatic heterocycles. The molecule has 0 bridgehead atoms. The van der Waals surface area contributed by atoms with Crippen LogP contribution in [0, 0.1) is 0 Å². The molecule has 1 heterocycles. The third kappa shape index (κ3) is 4.82. The molecule has 158 valence electrons. The minimum atomic E-state index is -4.59. The Bertz CT molecular complexity index is 1310. The Hall–Kier alpha value is -2.44. The number of hydrogen-bond donors (Lipinski definition) is 2. The number of halogens is 1. The molecule has 0 atom stereocenters. The highest BCUT2D eigenvalue weighted by Gasteiger charge is 2.24. The van der Waals surface area contributed by atoms with Gasteiger partial charge in [0.1, 0.15) is 4.88 Å². The predicted octanol–water partition coefficient (Wildman–Crippen LogP) is 3.90. The minimum Gasteiger partial charge on any atom is -0.465 e. The van der Waals surface area contributed by atoms with Gasteiger partial charge in [-0.2, -0.15) is 8.42 Å². The third-order valence-corrected chi connectivity index (χ3v) is 7.52. The Morgan fingerprint density at radius 3 is 2.27 bits per heavy atom. The van der Waals surface area contributed by atoms with Crippen LogP contribution in [0.3, 0.4) is 0 Å². The largest absolute Gasteiger partial charge is 0.465 e. The number of carbonyl (C=O) groups is 1. The Kier molecular flexibility index (Phi) is 6.20. The summed E-state index contributed by atoms with van der Waals surface area (Å²) in [6.45, 7) is 0. The highest BCUT2D eigenvalue weighted by atomic mass is 35.5. The van der Waals surface area contributed by atoms with E-state index in [1.165, 1.54) is 12.1 Å². The van der Waals surface area contributed by atoms with E-state index in [0.29, 0.717) is 15.5 Å². The van der Waals surface area contributed by atoms with E-state index >= 15 is 0 Å². The molecule has 0 aliphatic rings. The fraction of sp³-hybridized carbons (Fsp3) is 0.0556. The molecule has 2 aromatic carbocycles. The highest BCUT2D eigenvalue weighted by Crippen LogP contribution is 2.37. The molecule has 0 aliphatic heterocycles. The molecule has 0 spiro atoms. The molecule has 12 heteroatoms. The van der Waals surface area contributed by atoms with E-state index in [1.54, 1.807) is 24.3 Å². The Morgan fingerprint density at radius 1 is 1.03 bits per heavy atom. The van der Waals surface area contributed by atoms with E-state index in [9.17, 15) is 21.6 Å². The van der Waals surface area contributed by atoms with Crippen LogP contribution < -0.4 is 4.72 Å². The van der Waals surface area contributed by atoms with E-state index in [-0.39, 0.29) is 10.6 Å². The van der Waals surface area contributed by atoms with Crippen molar-refractivity contribution in [1.82, 2.24) is 0 Å². The van der Waals surface area contributed by atoms with Crippen molar-refractivity contribution in [1.29, 1.82) is 0 Å². The predicted molar refractivity (Wildman–Crippen MR) is 113 cm³/mol. The number of thiophene rings is 1. The fourth-order valence-electron chi connectivity index (χ4n) is 2.47. The summed E-state index contributed by atoms with van der Waals surface area (Å²) in [5, 5.41) is 0.517. The zero-order chi connectivity index (χ0) is 22.1. The monoisotopic (exact) mass is 487 g/mol. The molecule has 0 aliphatic carbocycles. The maximum absolute atomic E-state index is 12.8. The lowest BCUT2D eigenvalue weighted by atomic mass is 10.2. The zero-order valence-electron chi connectivity index (χ0n) is 15.2. The van der Waals surface area contributed by atoms with Crippen LogP contribution >= 0.6 is 22.9 Å². The third-order valence-electron chi connectivity index (χ3n) is 3.89. The first-order valence-electron chi connectivity index (χ1n) is 8.10. The average Bonchev–Trinajstić information content (AvgIpc) is 3.10. The zero-order valence-corrected chi connectivity index (χ0v) is 18.4. The number of nitrogens with one attached hydrogen (secondary N) is 1. The molecular weight excluding hydrogens is 474 g/mol. The van der Waals surface area contributed by atoms with E-state index in [4.69, 9.17) is 20.9 Å². The number of ether oxygens (including phenoxy) is 1. The number of benzene rings is 2. The van der Waals surface area contributed by atoms with E-state index < -0.39 is 35.9 Å². The van der Waals surface area contributed by atoms with Gasteiger partial charge in [0, 0.05) is 9.90 Å². The quantitative estimate of drug-likeness (QED) is 0.398. The van der Waals surface area contributed by atoms with Gasteiger partial charge in [0.15, 0.2) is 0 Å². The van der Waals surface area contributed by atoms with Crippen molar-refractivity contribution in [3.8, 4) is 10.4 Å². The fourth-order valence-corrected chi connectivity index (χ4v) is 5.41. The second-order valence-electron chi connectivity index (χ2n) is 5.91. The van der Waals surface area contributed by atoms with Gasteiger partial charge in [-0.05, 0) is 42.0 Å². The Morgan fingerprint density at radius 2 is 1.67 bits per heavy atom. The van der Waals surface area contributed by atoms with Crippen molar-refractivity contribution in [3.63, 3.8) is 0 Å². The molecule has 3 rings (SSSR count). The lowest BCUT2D eigenvalue weighted by molar-refractivity contribution is 0.0607. The maximum Gasteiger partial charge on any atom is 0.350 e. The van der Waals surface area contributed by atoms with Crippen LogP contribution in [0.4, 0.5) is 5.69 Å². The average molecular weight is 488 g/mol. The molecule has 0 radical (unpaired) electrons. The van der Waals surface area contributed by atoms with Crippen LogP contribution in [0.15, 0.2) is 64.4 Å². The maximum atomic E-state index is 12.8. The number of rotatable bonds is 6. The molecule has 30 heavy (non-hydrogen) atoms. The normalized spacial score (nSPS) is 11.8. The van der Waals surface area contributed by atoms with Gasteiger partial charge in [-0.25, -0.2) is 13.2 Å². The second-order valence-corrected chi connectivity index (χ2v) is 10.5. The van der Waals surface area contributed by atoms with Gasteiger partial charge >= 0.3 is 5.97 Å². The van der Waals surface area contributed by atoms with Gasteiger partial charge < -0.3 is 4.74 Å². The molecule has 0 saturated heterocycles. The summed E-state index contributed by atoms with van der Waals surface area (Å²) in [5.74, 6) is -0.746. The summed E-state index contributed by atoms with van der Waals surface area (Å²) in [4.78, 5) is 11.8. The summed E-state index contributed by atoms with van der Waals surface area (Å²) in [7, 11) is -7.71. The first-order chi connectivity index (χ1) is 14.0. The van der Waals surface area contributed by atoms with Crippen LogP contribution in [-0.4, -0.2) is 34.5 Å².